The largest absolute Gasteiger partial charge is 0.336 e. The van der Waals surface area contributed by atoms with E-state index in [0.717, 1.165) is 37.7 Å². The van der Waals surface area contributed by atoms with E-state index in [0.29, 0.717) is 5.56 Å². The Morgan fingerprint density at radius 3 is 2.74 bits per heavy atom. The van der Waals surface area contributed by atoms with Crippen molar-refractivity contribution in [3.63, 3.8) is 0 Å². The maximum atomic E-state index is 11.7. The average molecular weight is 308 g/mol. The number of aromatic nitrogens is 1. The van der Waals surface area contributed by atoms with Crippen molar-refractivity contribution in [2.75, 3.05) is 6.54 Å². The lowest BCUT2D eigenvalue weighted by Crippen LogP contribution is -2.27. The van der Waals surface area contributed by atoms with Gasteiger partial charge in [-0.1, -0.05) is 24.3 Å². The maximum Gasteiger partial charge on any atom is 0.219 e. The van der Waals surface area contributed by atoms with Crippen LogP contribution in [0.15, 0.2) is 42.7 Å². The monoisotopic (exact) mass is 308 g/mol. The Morgan fingerprint density at radius 1 is 1.26 bits per heavy atom. The molecule has 2 aromatic rings. The van der Waals surface area contributed by atoms with E-state index in [-0.39, 0.29) is 11.9 Å². The highest BCUT2D eigenvalue weighted by molar-refractivity contribution is 5.74. The molecule has 1 aromatic carbocycles. The molecule has 4 heteroatoms. The molecule has 2 heterocycles. The third-order valence-electron chi connectivity index (χ3n) is 4.38. The van der Waals surface area contributed by atoms with Crippen LogP contribution in [-0.2, 0) is 11.2 Å². The lowest BCUT2D eigenvalue weighted by atomic mass is 9.99. The van der Waals surface area contributed by atoms with Crippen molar-refractivity contribution in [2.45, 2.75) is 32.2 Å². The number of carbonyl (C=O) groups is 2. The van der Waals surface area contributed by atoms with Crippen molar-refractivity contribution in [3.05, 3.63) is 65.0 Å². The number of benzene rings is 1. The highest BCUT2D eigenvalue weighted by Crippen LogP contribution is 2.32. The van der Waals surface area contributed by atoms with Gasteiger partial charge in [0.2, 0.25) is 5.91 Å². The molecule has 0 radical (unpaired) electrons. The van der Waals surface area contributed by atoms with Crippen molar-refractivity contribution in [1.82, 2.24) is 9.88 Å². The Balaban J connectivity index is 1.74. The van der Waals surface area contributed by atoms with Crippen molar-refractivity contribution in [2.24, 2.45) is 0 Å². The van der Waals surface area contributed by atoms with Gasteiger partial charge in [0.1, 0.15) is 0 Å². The summed E-state index contributed by atoms with van der Waals surface area (Å²) in [5.74, 6) is 0.147. The van der Waals surface area contributed by atoms with E-state index in [1.54, 1.807) is 19.3 Å². The molecule has 1 aromatic heterocycles. The summed E-state index contributed by atoms with van der Waals surface area (Å²) in [5, 5.41) is 0. The molecule has 1 atom stereocenters. The topological polar surface area (TPSA) is 50.3 Å². The van der Waals surface area contributed by atoms with Crippen molar-refractivity contribution in [3.8, 4) is 0 Å². The molecule has 1 saturated heterocycles. The Morgan fingerprint density at radius 2 is 2.04 bits per heavy atom. The summed E-state index contributed by atoms with van der Waals surface area (Å²) < 4.78 is 0. The first kappa shape index (κ1) is 15.4. The van der Waals surface area contributed by atoms with Gasteiger partial charge in [0.05, 0.1) is 6.04 Å². The Bertz CT molecular complexity index is 710. The summed E-state index contributed by atoms with van der Waals surface area (Å²) in [6.45, 7) is 2.49. The van der Waals surface area contributed by atoms with E-state index in [4.69, 9.17) is 0 Å². The lowest BCUT2D eigenvalue weighted by molar-refractivity contribution is -0.129. The van der Waals surface area contributed by atoms with E-state index in [1.165, 1.54) is 11.1 Å². The standard InChI is InChI=1S/C19H20N2O2/c1-14(23)21-8-2-3-19(21)18-6-4-15(5-7-18)9-16-10-17(13-22)12-20-11-16/h4-7,10-13,19H,2-3,8-9H2,1H3. The summed E-state index contributed by atoms with van der Waals surface area (Å²) >= 11 is 0. The van der Waals surface area contributed by atoms with Crippen LogP contribution in [-0.4, -0.2) is 28.6 Å². The molecule has 0 saturated carbocycles. The third kappa shape index (κ3) is 3.47. The zero-order valence-electron chi connectivity index (χ0n) is 13.2. The second kappa shape index (κ2) is 6.73. The van der Waals surface area contributed by atoms with Gasteiger partial charge in [-0.2, -0.15) is 0 Å². The van der Waals surface area contributed by atoms with Gasteiger partial charge in [-0.15, -0.1) is 0 Å². The van der Waals surface area contributed by atoms with Crippen LogP contribution in [0.1, 0.15) is 52.9 Å². The van der Waals surface area contributed by atoms with Crippen LogP contribution in [0.5, 0.6) is 0 Å². The Labute approximate surface area is 136 Å². The molecular weight excluding hydrogens is 288 g/mol. The average Bonchev–Trinajstić information content (AvgIpc) is 3.06. The second-order valence-electron chi connectivity index (χ2n) is 6.03. The van der Waals surface area contributed by atoms with Gasteiger partial charge < -0.3 is 4.90 Å². The predicted octanol–water partition coefficient (Wildman–Crippen LogP) is 3.17. The number of pyridine rings is 1. The van der Waals surface area contributed by atoms with E-state index >= 15 is 0 Å². The molecule has 1 aliphatic rings. The summed E-state index contributed by atoms with van der Waals surface area (Å²) in [7, 11) is 0. The summed E-state index contributed by atoms with van der Waals surface area (Å²) in [6, 6.07) is 10.5. The van der Waals surface area contributed by atoms with E-state index in [2.05, 4.69) is 29.2 Å². The Hall–Kier alpha value is -2.49. The van der Waals surface area contributed by atoms with Gasteiger partial charge in [0.25, 0.3) is 0 Å². The molecule has 1 unspecified atom stereocenters. The number of likely N-dealkylation sites (tertiary alicyclic amines) is 1. The number of rotatable bonds is 4. The van der Waals surface area contributed by atoms with Crippen LogP contribution in [0.2, 0.25) is 0 Å². The highest BCUT2D eigenvalue weighted by atomic mass is 16.2. The quantitative estimate of drug-likeness (QED) is 0.815. The first-order chi connectivity index (χ1) is 11.2. The fourth-order valence-corrected chi connectivity index (χ4v) is 3.25. The van der Waals surface area contributed by atoms with Crippen LogP contribution >= 0.6 is 0 Å². The molecule has 0 aliphatic carbocycles. The first-order valence-electron chi connectivity index (χ1n) is 7.92. The van der Waals surface area contributed by atoms with E-state index < -0.39 is 0 Å². The number of amides is 1. The van der Waals surface area contributed by atoms with Crippen LogP contribution < -0.4 is 0 Å². The van der Waals surface area contributed by atoms with Gasteiger partial charge in [-0.3, -0.25) is 14.6 Å². The molecule has 3 rings (SSSR count). The molecule has 0 spiro atoms. The summed E-state index contributed by atoms with van der Waals surface area (Å²) in [6.07, 6.45) is 7.01. The highest BCUT2D eigenvalue weighted by Gasteiger charge is 2.27. The van der Waals surface area contributed by atoms with Gasteiger partial charge in [0.15, 0.2) is 6.29 Å². The molecule has 23 heavy (non-hydrogen) atoms. The van der Waals surface area contributed by atoms with E-state index in [1.807, 2.05) is 11.0 Å². The van der Waals surface area contributed by atoms with Crippen molar-refractivity contribution in [1.29, 1.82) is 0 Å². The van der Waals surface area contributed by atoms with Crippen LogP contribution in [0, 0.1) is 0 Å². The number of carbonyl (C=O) groups excluding carboxylic acids is 2. The third-order valence-corrected chi connectivity index (χ3v) is 4.38. The van der Waals surface area contributed by atoms with Crippen molar-refractivity contribution < 1.29 is 9.59 Å². The van der Waals surface area contributed by atoms with Crippen molar-refractivity contribution >= 4 is 12.2 Å². The van der Waals surface area contributed by atoms with Gasteiger partial charge in [-0.25, -0.2) is 0 Å². The molecule has 1 amide bonds. The van der Waals surface area contributed by atoms with Crippen LogP contribution in [0.4, 0.5) is 0 Å². The SMILES string of the molecule is CC(=O)N1CCCC1c1ccc(Cc2cncc(C=O)c2)cc1. The molecule has 0 bridgehead atoms. The number of hydrogen-bond donors (Lipinski definition) is 0. The summed E-state index contributed by atoms with van der Waals surface area (Å²) in [5.41, 5.74) is 3.99. The minimum atomic E-state index is 0.147. The first-order valence-corrected chi connectivity index (χ1v) is 7.92. The zero-order valence-corrected chi connectivity index (χ0v) is 13.2. The lowest BCUT2D eigenvalue weighted by Gasteiger charge is -2.23. The fraction of sp³-hybridized carbons (Fsp3) is 0.316. The summed E-state index contributed by atoms with van der Waals surface area (Å²) in [4.78, 5) is 28.5. The molecular formula is C19H20N2O2. The Kier molecular flexibility index (Phi) is 4.51. The van der Waals surface area contributed by atoms with Crippen LogP contribution in [0.3, 0.4) is 0 Å². The molecule has 4 nitrogen and oxygen atoms in total. The van der Waals surface area contributed by atoms with E-state index in [9.17, 15) is 9.59 Å². The number of nitrogens with zero attached hydrogens (tertiary/aromatic N) is 2. The molecule has 118 valence electrons. The predicted molar refractivity (Wildman–Crippen MR) is 88.2 cm³/mol. The minimum absolute atomic E-state index is 0.147. The smallest absolute Gasteiger partial charge is 0.219 e. The minimum Gasteiger partial charge on any atom is -0.336 e. The second-order valence-corrected chi connectivity index (χ2v) is 6.03. The van der Waals surface area contributed by atoms with Gasteiger partial charge in [-0.05, 0) is 42.0 Å². The zero-order chi connectivity index (χ0) is 16.2. The van der Waals surface area contributed by atoms with Crippen LogP contribution in [0.25, 0.3) is 0 Å². The van der Waals surface area contributed by atoms with Gasteiger partial charge in [0, 0.05) is 31.4 Å². The molecule has 1 fully saturated rings. The van der Waals surface area contributed by atoms with Gasteiger partial charge >= 0.3 is 0 Å². The normalized spacial score (nSPS) is 17.3. The molecule has 0 N–H and O–H groups in total. The number of hydrogen-bond acceptors (Lipinski definition) is 3. The maximum absolute atomic E-state index is 11.7. The number of aldehydes is 1. The fourth-order valence-electron chi connectivity index (χ4n) is 3.25. The molecule has 1 aliphatic heterocycles.